The topological polar surface area (TPSA) is 69.6 Å². The zero-order chi connectivity index (χ0) is 12.1. The van der Waals surface area contributed by atoms with Crippen molar-refractivity contribution in [2.75, 3.05) is 6.61 Å². The first kappa shape index (κ1) is 12.4. The second-order valence-corrected chi connectivity index (χ2v) is 3.42. The van der Waals surface area contributed by atoms with Crippen molar-refractivity contribution in [2.45, 2.75) is 19.4 Å². The van der Waals surface area contributed by atoms with Crippen LogP contribution < -0.4 is 5.32 Å². The Bertz CT molecular complexity index is 377. The van der Waals surface area contributed by atoms with Gasteiger partial charge in [-0.25, -0.2) is 4.39 Å². The van der Waals surface area contributed by atoms with Crippen molar-refractivity contribution in [3.8, 4) is 5.75 Å². The van der Waals surface area contributed by atoms with Crippen molar-refractivity contribution in [3.63, 3.8) is 0 Å². The van der Waals surface area contributed by atoms with E-state index in [0.717, 1.165) is 18.2 Å². The molecule has 0 aromatic heterocycles. The molecule has 0 saturated heterocycles. The van der Waals surface area contributed by atoms with E-state index in [1.54, 1.807) is 6.92 Å². The number of rotatable bonds is 4. The lowest BCUT2D eigenvalue weighted by atomic mass is 10.1. The van der Waals surface area contributed by atoms with Crippen molar-refractivity contribution in [1.29, 1.82) is 0 Å². The normalized spacial score (nSPS) is 12.2. The zero-order valence-electron chi connectivity index (χ0n) is 8.90. The van der Waals surface area contributed by atoms with Gasteiger partial charge in [-0.2, -0.15) is 0 Å². The number of aliphatic hydroxyl groups excluding tert-OH is 1. The summed E-state index contributed by atoms with van der Waals surface area (Å²) in [6.07, 6.45) is 0.554. The average Bonchev–Trinajstić information content (AvgIpc) is 2.28. The summed E-state index contributed by atoms with van der Waals surface area (Å²) >= 11 is 0. The highest BCUT2D eigenvalue weighted by atomic mass is 19.1. The second-order valence-electron chi connectivity index (χ2n) is 3.42. The van der Waals surface area contributed by atoms with E-state index in [1.165, 1.54) is 0 Å². The van der Waals surface area contributed by atoms with Gasteiger partial charge in [0.15, 0.2) is 0 Å². The number of phenols is 1. The van der Waals surface area contributed by atoms with Gasteiger partial charge in [0.05, 0.1) is 18.2 Å². The molecule has 4 nitrogen and oxygen atoms in total. The van der Waals surface area contributed by atoms with Gasteiger partial charge in [-0.15, -0.1) is 0 Å². The maximum Gasteiger partial charge on any atom is 0.255 e. The molecule has 5 heteroatoms. The van der Waals surface area contributed by atoms with Crippen LogP contribution in [0.4, 0.5) is 4.39 Å². The molecule has 0 aliphatic carbocycles. The molecule has 0 unspecified atom stereocenters. The zero-order valence-corrected chi connectivity index (χ0v) is 8.90. The van der Waals surface area contributed by atoms with E-state index >= 15 is 0 Å². The summed E-state index contributed by atoms with van der Waals surface area (Å²) in [6, 6.07) is 2.74. The van der Waals surface area contributed by atoms with Crippen LogP contribution in [0.5, 0.6) is 5.75 Å². The molecule has 1 aromatic rings. The van der Waals surface area contributed by atoms with Gasteiger partial charge in [-0.3, -0.25) is 4.79 Å². The number of hydrogen-bond acceptors (Lipinski definition) is 3. The van der Waals surface area contributed by atoms with Crippen LogP contribution in [-0.2, 0) is 0 Å². The number of hydrogen-bond donors (Lipinski definition) is 3. The monoisotopic (exact) mass is 227 g/mol. The van der Waals surface area contributed by atoms with Gasteiger partial charge in [0.2, 0.25) is 0 Å². The Balaban J connectivity index is 2.83. The smallest absolute Gasteiger partial charge is 0.255 e. The first-order valence-corrected chi connectivity index (χ1v) is 4.98. The number of aliphatic hydroxyl groups is 1. The minimum Gasteiger partial charge on any atom is -0.507 e. The van der Waals surface area contributed by atoms with E-state index in [2.05, 4.69) is 5.32 Å². The molecule has 1 atom stereocenters. The van der Waals surface area contributed by atoms with Gasteiger partial charge in [0.1, 0.15) is 11.6 Å². The highest BCUT2D eigenvalue weighted by Crippen LogP contribution is 2.17. The molecular weight excluding hydrogens is 213 g/mol. The number of amides is 1. The Morgan fingerprint density at radius 2 is 2.25 bits per heavy atom. The maximum atomic E-state index is 12.9. The quantitative estimate of drug-likeness (QED) is 0.719. The Kier molecular flexibility index (Phi) is 4.25. The first-order valence-electron chi connectivity index (χ1n) is 4.98. The van der Waals surface area contributed by atoms with E-state index in [1.807, 2.05) is 0 Å². The largest absolute Gasteiger partial charge is 0.507 e. The van der Waals surface area contributed by atoms with Crippen molar-refractivity contribution >= 4 is 5.91 Å². The third-order valence-electron chi connectivity index (χ3n) is 2.25. The maximum absolute atomic E-state index is 12.9. The van der Waals surface area contributed by atoms with Gasteiger partial charge in [0, 0.05) is 0 Å². The number of nitrogens with one attached hydrogen (secondary N) is 1. The average molecular weight is 227 g/mol. The predicted molar refractivity (Wildman–Crippen MR) is 56.7 cm³/mol. The van der Waals surface area contributed by atoms with Crippen molar-refractivity contribution in [1.82, 2.24) is 5.32 Å². The molecule has 0 fully saturated rings. The van der Waals surface area contributed by atoms with Crippen molar-refractivity contribution in [2.24, 2.45) is 0 Å². The molecule has 0 bridgehead atoms. The third kappa shape index (κ3) is 2.93. The lowest BCUT2D eigenvalue weighted by Crippen LogP contribution is -2.36. The Morgan fingerprint density at radius 1 is 1.56 bits per heavy atom. The minimum absolute atomic E-state index is 0.132. The fourth-order valence-electron chi connectivity index (χ4n) is 1.23. The van der Waals surface area contributed by atoms with Gasteiger partial charge in [-0.05, 0) is 24.6 Å². The van der Waals surface area contributed by atoms with Crippen LogP contribution in [0.1, 0.15) is 23.7 Å². The van der Waals surface area contributed by atoms with E-state index in [9.17, 15) is 14.3 Å². The molecule has 1 rings (SSSR count). The van der Waals surface area contributed by atoms with Crippen LogP contribution in [0.2, 0.25) is 0 Å². The number of carbonyl (C=O) groups excluding carboxylic acids is 1. The van der Waals surface area contributed by atoms with Gasteiger partial charge in [-0.1, -0.05) is 6.92 Å². The summed E-state index contributed by atoms with van der Waals surface area (Å²) in [6.45, 7) is 1.60. The number of benzene rings is 1. The van der Waals surface area contributed by atoms with Crippen LogP contribution in [0, 0.1) is 5.82 Å². The van der Waals surface area contributed by atoms with Gasteiger partial charge < -0.3 is 15.5 Å². The lowest BCUT2D eigenvalue weighted by Gasteiger charge is -2.14. The number of carbonyl (C=O) groups is 1. The van der Waals surface area contributed by atoms with Crippen LogP contribution >= 0.6 is 0 Å². The molecule has 88 valence electrons. The molecule has 0 radical (unpaired) electrons. The lowest BCUT2D eigenvalue weighted by molar-refractivity contribution is 0.0911. The number of halogens is 1. The summed E-state index contributed by atoms with van der Waals surface area (Å²) in [7, 11) is 0. The Hall–Kier alpha value is -1.62. The van der Waals surface area contributed by atoms with Crippen LogP contribution in [0.15, 0.2) is 18.2 Å². The number of phenolic OH excluding ortho intramolecular Hbond substituents is 1. The summed E-state index contributed by atoms with van der Waals surface area (Å²) in [5, 5.41) is 20.8. The Labute approximate surface area is 92.7 Å². The molecule has 1 amide bonds. The predicted octanol–water partition coefficient (Wildman–Crippen LogP) is 1.03. The van der Waals surface area contributed by atoms with Gasteiger partial charge in [0.25, 0.3) is 5.91 Å². The SMILES string of the molecule is CC[C@@H](CO)NC(=O)c1cc(F)ccc1O. The fraction of sp³-hybridized carbons (Fsp3) is 0.364. The van der Waals surface area contributed by atoms with E-state index < -0.39 is 17.8 Å². The van der Waals surface area contributed by atoms with Crippen LogP contribution in [0.25, 0.3) is 0 Å². The minimum atomic E-state index is -0.599. The van der Waals surface area contributed by atoms with E-state index in [4.69, 9.17) is 5.11 Å². The Morgan fingerprint density at radius 3 is 2.81 bits per heavy atom. The third-order valence-corrected chi connectivity index (χ3v) is 2.25. The molecular formula is C11H14FNO3. The number of aromatic hydroxyl groups is 1. The van der Waals surface area contributed by atoms with E-state index in [-0.39, 0.29) is 17.9 Å². The summed E-state index contributed by atoms with van der Waals surface area (Å²) < 4.78 is 12.9. The molecule has 0 saturated carbocycles. The van der Waals surface area contributed by atoms with Crippen molar-refractivity contribution in [3.05, 3.63) is 29.6 Å². The first-order chi connectivity index (χ1) is 7.58. The summed E-state index contributed by atoms with van der Waals surface area (Å²) in [5.41, 5.74) is -0.132. The second kappa shape index (κ2) is 5.46. The molecule has 1 aromatic carbocycles. The van der Waals surface area contributed by atoms with Crippen LogP contribution in [0.3, 0.4) is 0 Å². The van der Waals surface area contributed by atoms with Crippen molar-refractivity contribution < 1.29 is 19.4 Å². The standard InChI is InChI=1S/C11H14FNO3/c1-2-8(6-14)13-11(16)9-5-7(12)3-4-10(9)15/h3-5,8,14-15H,2,6H2,1H3,(H,13,16)/t8-/m0/s1. The molecule has 0 spiro atoms. The molecule has 3 N–H and O–H groups in total. The molecule has 0 heterocycles. The highest BCUT2D eigenvalue weighted by molar-refractivity contribution is 5.96. The van der Waals surface area contributed by atoms with Crippen LogP contribution in [-0.4, -0.2) is 28.8 Å². The van der Waals surface area contributed by atoms with E-state index in [0.29, 0.717) is 6.42 Å². The van der Waals surface area contributed by atoms with Gasteiger partial charge >= 0.3 is 0 Å². The highest BCUT2D eigenvalue weighted by Gasteiger charge is 2.15. The fourth-order valence-corrected chi connectivity index (χ4v) is 1.23. The molecule has 0 aliphatic heterocycles. The summed E-state index contributed by atoms with van der Waals surface area (Å²) in [4.78, 5) is 11.6. The molecule has 0 aliphatic rings. The summed E-state index contributed by atoms with van der Waals surface area (Å²) in [5.74, 6) is -1.48. The molecule has 16 heavy (non-hydrogen) atoms.